The molecule has 2 aromatic rings. The molecule has 1 saturated carbocycles. The summed E-state index contributed by atoms with van der Waals surface area (Å²) in [6.07, 6.45) is 12.2. The molecular formula is C20H19NO2. The van der Waals surface area contributed by atoms with Gasteiger partial charge in [-0.25, -0.2) is 0 Å². The quantitative estimate of drug-likeness (QED) is 0.607. The highest BCUT2D eigenvalue weighted by Crippen LogP contribution is 2.30. The number of benzene rings is 1. The van der Waals surface area contributed by atoms with Crippen LogP contribution in [0.3, 0.4) is 0 Å². The standard InChI is InChI=1S/C20H19NO2/c22-19-16-8-4-5-9-17(16)20(23)18(19)12-14-10-11-21(13-14)15-6-2-1-3-7-15/h4-5,8-13,15H,1-3,6-7H2. The van der Waals surface area contributed by atoms with Crippen molar-refractivity contribution in [2.45, 2.75) is 38.1 Å². The molecule has 1 fully saturated rings. The third-order valence-corrected chi connectivity index (χ3v) is 4.95. The van der Waals surface area contributed by atoms with Gasteiger partial charge in [-0.2, -0.15) is 0 Å². The van der Waals surface area contributed by atoms with Crippen LogP contribution in [-0.4, -0.2) is 16.1 Å². The molecule has 0 unspecified atom stereocenters. The first-order valence-corrected chi connectivity index (χ1v) is 8.31. The first-order chi connectivity index (χ1) is 11.2. The molecule has 0 saturated heterocycles. The van der Waals surface area contributed by atoms with Gasteiger partial charge in [-0.1, -0.05) is 43.5 Å². The normalized spacial score (nSPS) is 18.3. The van der Waals surface area contributed by atoms with Crippen molar-refractivity contribution < 1.29 is 9.59 Å². The molecular weight excluding hydrogens is 286 g/mol. The number of allylic oxidation sites excluding steroid dienone is 1. The SMILES string of the molecule is O=C1C(=Cc2ccn(C3CCCCC3)c2)C(=O)c2ccccc21. The third kappa shape index (κ3) is 2.46. The first-order valence-electron chi connectivity index (χ1n) is 8.31. The highest BCUT2D eigenvalue weighted by Gasteiger charge is 2.32. The van der Waals surface area contributed by atoms with Crippen molar-refractivity contribution in [1.29, 1.82) is 0 Å². The van der Waals surface area contributed by atoms with E-state index >= 15 is 0 Å². The molecule has 116 valence electrons. The summed E-state index contributed by atoms with van der Waals surface area (Å²) in [4.78, 5) is 24.8. The Kier molecular flexibility index (Phi) is 3.49. The molecule has 4 rings (SSSR count). The topological polar surface area (TPSA) is 39.1 Å². The average molecular weight is 305 g/mol. The zero-order valence-corrected chi connectivity index (χ0v) is 13.0. The summed E-state index contributed by atoms with van der Waals surface area (Å²) >= 11 is 0. The first kappa shape index (κ1) is 14.2. The van der Waals surface area contributed by atoms with E-state index in [1.54, 1.807) is 30.3 Å². The van der Waals surface area contributed by atoms with Crippen LogP contribution in [0.5, 0.6) is 0 Å². The predicted molar refractivity (Wildman–Crippen MR) is 89.6 cm³/mol. The molecule has 1 heterocycles. The van der Waals surface area contributed by atoms with E-state index in [0.717, 1.165) is 5.56 Å². The van der Waals surface area contributed by atoms with Gasteiger partial charge in [0, 0.05) is 29.6 Å². The third-order valence-electron chi connectivity index (χ3n) is 4.95. The number of Topliss-reactive ketones (excluding diaryl/α,β-unsaturated/α-hetero) is 2. The molecule has 0 spiro atoms. The lowest BCUT2D eigenvalue weighted by Crippen LogP contribution is -2.10. The summed E-state index contributed by atoms with van der Waals surface area (Å²) in [5, 5.41) is 0. The van der Waals surface area contributed by atoms with Crippen LogP contribution in [0.1, 0.15) is 64.4 Å². The smallest absolute Gasteiger partial charge is 0.197 e. The van der Waals surface area contributed by atoms with Gasteiger partial charge in [-0.05, 0) is 30.5 Å². The summed E-state index contributed by atoms with van der Waals surface area (Å²) in [5.74, 6) is -0.313. The number of hydrogen-bond acceptors (Lipinski definition) is 2. The number of aromatic nitrogens is 1. The molecule has 23 heavy (non-hydrogen) atoms. The van der Waals surface area contributed by atoms with Gasteiger partial charge >= 0.3 is 0 Å². The molecule has 1 aromatic carbocycles. The maximum atomic E-state index is 12.4. The van der Waals surface area contributed by atoms with Crippen LogP contribution in [0.25, 0.3) is 6.08 Å². The maximum Gasteiger partial charge on any atom is 0.197 e. The Bertz CT molecular complexity index is 770. The Morgan fingerprint density at radius 1 is 0.913 bits per heavy atom. The van der Waals surface area contributed by atoms with E-state index in [2.05, 4.69) is 17.0 Å². The van der Waals surface area contributed by atoms with Crippen molar-refractivity contribution in [3.63, 3.8) is 0 Å². The Labute approximate surface area is 135 Å². The van der Waals surface area contributed by atoms with Gasteiger partial charge in [-0.3, -0.25) is 9.59 Å². The highest BCUT2D eigenvalue weighted by atomic mass is 16.2. The fourth-order valence-electron chi connectivity index (χ4n) is 3.69. The molecule has 3 nitrogen and oxygen atoms in total. The predicted octanol–water partition coefficient (Wildman–Crippen LogP) is 4.46. The monoisotopic (exact) mass is 305 g/mol. The van der Waals surface area contributed by atoms with E-state index in [0.29, 0.717) is 17.2 Å². The lowest BCUT2D eigenvalue weighted by atomic mass is 9.95. The van der Waals surface area contributed by atoms with E-state index in [4.69, 9.17) is 0 Å². The number of carbonyl (C=O) groups excluding carboxylic acids is 2. The number of nitrogens with zero attached hydrogens (tertiary/aromatic N) is 1. The van der Waals surface area contributed by atoms with Crippen LogP contribution in [0.2, 0.25) is 0 Å². The molecule has 0 atom stereocenters. The number of ketones is 2. The van der Waals surface area contributed by atoms with Crippen molar-refractivity contribution in [2.75, 3.05) is 0 Å². The fraction of sp³-hybridized carbons (Fsp3) is 0.300. The van der Waals surface area contributed by atoms with Crippen LogP contribution in [0.15, 0.2) is 48.3 Å². The lowest BCUT2D eigenvalue weighted by molar-refractivity contribution is 0.0990. The summed E-state index contributed by atoms with van der Waals surface area (Å²) in [5.41, 5.74) is 2.26. The molecule has 3 heteroatoms. The van der Waals surface area contributed by atoms with Gasteiger partial charge < -0.3 is 4.57 Å². The summed E-state index contributed by atoms with van der Waals surface area (Å²) < 4.78 is 2.24. The van der Waals surface area contributed by atoms with Gasteiger partial charge in [0.2, 0.25) is 0 Å². The zero-order chi connectivity index (χ0) is 15.8. The Hall–Kier alpha value is -2.42. The Morgan fingerprint density at radius 3 is 2.22 bits per heavy atom. The van der Waals surface area contributed by atoms with Crippen LogP contribution in [0, 0.1) is 0 Å². The molecule has 0 N–H and O–H groups in total. The minimum Gasteiger partial charge on any atom is -0.351 e. The van der Waals surface area contributed by atoms with Crippen molar-refractivity contribution in [2.24, 2.45) is 0 Å². The van der Waals surface area contributed by atoms with Gasteiger partial charge in [0.15, 0.2) is 11.6 Å². The molecule has 0 radical (unpaired) electrons. The lowest BCUT2D eigenvalue weighted by Gasteiger charge is -2.23. The van der Waals surface area contributed by atoms with Gasteiger partial charge in [0.1, 0.15) is 0 Å². The molecule has 1 aromatic heterocycles. The summed E-state index contributed by atoms with van der Waals surface area (Å²) in [7, 11) is 0. The molecule has 0 amide bonds. The molecule has 0 aliphatic heterocycles. The summed E-state index contributed by atoms with van der Waals surface area (Å²) in [6.45, 7) is 0. The minimum atomic E-state index is -0.156. The number of hydrogen-bond donors (Lipinski definition) is 0. The second kappa shape index (κ2) is 5.65. The van der Waals surface area contributed by atoms with Gasteiger partial charge in [-0.15, -0.1) is 0 Å². The van der Waals surface area contributed by atoms with Crippen LogP contribution in [0.4, 0.5) is 0 Å². The number of rotatable bonds is 2. The van der Waals surface area contributed by atoms with E-state index in [9.17, 15) is 9.59 Å². The van der Waals surface area contributed by atoms with Crippen molar-refractivity contribution >= 4 is 17.6 Å². The van der Waals surface area contributed by atoms with Crippen molar-refractivity contribution in [3.05, 3.63) is 65.0 Å². The Morgan fingerprint density at radius 2 is 1.57 bits per heavy atom. The molecule has 2 aliphatic carbocycles. The van der Waals surface area contributed by atoms with Crippen LogP contribution in [-0.2, 0) is 0 Å². The highest BCUT2D eigenvalue weighted by molar-refractivity contribution is 6.41. The minimum absolute atomic E-state index is 0.156. The van der Waals surface area contributed by atoms with Crippen LogP contribution < -0.4 is 0 Å². The molecule has 2 aliphatic rings. The number of fused-ring (bicyclic) bond motifs is 1. The second-order valence-corrected chi connectivity index (χ2v) is 6.45. The second-order valence-electron chi connectivity index (χ2n) is 6.45. The largest absolute Gasteiger partial charge is 0.351 e. The zero-order valence-electron chi connectivity index (χ0n) is 13.0. The van der Waals surface area contributed by atoms with Crippen molar-refractivity contribution in [1.82, 2.24) is 4.57 Å². The molecule has 0 bridgehead atoms. The van der Waals surface area contributed by atoms with Crippen molar-refractivity contribution in [3.8, 4) is 0 Å². The maximum absolute atomic E-state index is 12.4. The number of carbonyl (C=O) groups is 2. The van der Waals surface area contributed by atoms with E-state index in [1.165, 1.54) is 32.1 Å². The fourth-order valence-corrected chi connectivity index (χ4v) is 3.69. The average Bonchev–Trinajstić information content (AvgIpc) is 3.16. The van der Waals surface area contributed by atoms with Gasteiger partial charge in [0.25, 0.3) is 0 Å². The van der Waals surface area contributed by atoms with Crippen LogP contribution >= 0.6 is 0 Å². The summed E-state index contributed by atoms with van der Waals surface area (Å²) in [6, 6.07) is 9.60. The van der Waals surface area contributed by atoms with E-state index < -0.39 is 0 Å². The van der Waals surface area contributed by atoms with E-state index in [-0.39, 0.29) is 17.1 Å². The van der Waals surface area contributed by atoms with Gasteiger partial charge in [0.05, 0.1) is 5.57 Å². The van der Waals surface area contributed by atoms with E-state index in [1.807, 2.05) is 6.07 Å². The Balaban J connectivity index is 1.63.